The van der Waals surface area contributed by atoms with Crippen LogP contribution in [0.3, 0.4) is 0 Å². The first kappa shape index (κ1) is 21.7. The molecule has 0 aromatic heterocycles. The van der Waals surface area contributed by atoms with E-state index in [0.717, 1.165) is 71.2 Å². The summed E-state index contributed by atoms with van der Waals surface area (Å²) in [6.07, 6.45) is 2.93. The number of aliphatic imine (C=N–C) groups is 1. The molecular weight excluding hydrogens is 443 g/mol. The molecule has 1 spiro atoms. The predicted octanol–water partition coefficient (Wildman–Crippen LogP) is 0.418. The van der Waals surface area contributed by atoms with Crippen LogP contribution in [-0.2, 0) is 4.79 Å². The van der Waals surface area contributed by atoms with Gasteiger partial charge in [0, 0.05) is 77.3 Å². The Morgan fingerprint density at radius 3 is 2.65 bits per heavy atom. The van der Waals surface area contributed by atoms with Crippen molar-refractivity contribution < 1.29 is 4.79 Å². The van der Waals surface area contributed by atoms with Crippen LogP contribution in [0.1, 0.15) is 26.2 Å². The second kappa shape index (κ2) is 9.54. The summed E-state index contributed by atoms with van der Waals surface area (Å²) < 4.78 is 0. The van der Waals surface area contributed by atoms with Gasteiger partial charge < -0.3 is 20.4 Å². The zero-order valence-electron chi connectivity index (χ0n) is 16.5. The summed E-state index contributed by atoms with van der Waals surface area (Å²) in [5.74, 6) is 1.19. The zero-order valence-corrected chi connectivity index (χ0v) is 18.8. The highest BCUT2D eigenvalue weighted by Gasteiger charge is 2.42. The summed E-state index contributed by atoms with van der Waals surface area (Å²) in [6, 6.07) is 0.499. The molecule has 0 aromatic rings. The van der Waals surface area contributed by atoms with E-state index in [4.69, 9.17) is 0 Å². The van der Waals surface area contributed by atoms with Crippen LogP contribution in [0.5, 0.6) is 0 Å². The van der Waals surface area contributed by atoms with Gasteiger partial charge in [0.25, 0.3) is 0 Å². The maximum Gasteiger partial charge on any atom is 0.220 e. The molecule has 3 fully saturated rings. The fourth-order valence-corrected chi connectivity index (χ4v) is 4.39. The molecule has 3 aliphatic rings. The summed E-state index contributed by atoms with van der Waals surface area (Å²) in [5.41, 5.74) is 0.107. The van der Waals surface area contributed by atoms with Gasteiger partial charge in [0.05, 0.1) is 0 Å². The van der Waals surface area contributed by atoms with E-state index in [1.807, 2.05) is 7.05 Å². The number of rotatable bonds is 3. The van der Waals surface area contributed by atoms with Crippen molar-refractivity contribution in [3.63, 3.8) is 0 Å². The minimum atomic E-state index is 0. The smallest absolute Gasteiger partial charge is 0.220 e. The number of piperazine rings is 1. The lowest BCUT2D eigenvalue weighted by molar-refractivity contribution is -0.119. The summed E-state index contributed by atoms with van der Waals surface area (Å²) in [4.78, 5) is 23.5. The highest BCUT2D eigenvalue weighted by atomic mass is 127. The first-order chi connectivity index (χ1) is 12.0. The number of nitrogens with one attached hydrogen (secondary N) is 2. The van der Waals surface area contributed by atoms with Gasteiger partial charge in [-0.05, 0) is 26.8 Å². The fraction of sp³-hybridized carbons (Fsp3) is 0.889. The third-order valence-electron chi connectivity index (χ3n) is 6.09. The molecule has 3 heterocycles. The Kier molecular flexibility index (Phi) is 7.96. The van der Waals surface area contributed by atoms with Gasteiger partial charge in [-0.15, -0.1) is 24.0 Å². The quantitative estimate of drug-likeness (QED) is 0.350. The van der Waals surface area contributed by atoms with Crippen molar-refractivity contribution in [1.29, 1.82) is 0 Å². The van der Waals surface area contributed by atoms with E-state index in [9.17, 15) is 4.79 Å². The average Bonchev–Trinajstić information content (AvgIpc) is 2.96. The van der Waals surface area contributed by atoms with Crippen molar-refractivity contribution in [3.05, 3.63) is 0 Å². The molecule has 2 atom stereocenters. The lowest BCUT2D eigenvalue weighted by atomic mass is 9.79. The van der Waals surface area contributed by atoms with Gasteiger partial charge >= 0.3 is 0 Å². The number of likely N-dealkylation sites (N-methyl/N-ethyl adjacent to an activating group) is 1. The lowest BCUT2D eigenvalue weighted by Crippen LogP contribution is -2.55. The Morgan fingerprint density at radius 1 is 1.31 bits per heavy atom. The van der Waals surface area contributed by atoms with Crippen LogP contribution in [0.4, 0.5) is 0 Å². The van der Waals surface area contributed by atoms with Crippen LogP contribution in [0.25, 0.3) is 0 Å². The molecule has 2 unspecified atom stereocenters. The Hall–Kier alpha value is -0.610. The van der Waals surface area contributed by atoms with Gasteiger partial charge in [0.15, 0.2) is 5.96 Å². The van der Waals surface area contributed by atoms with Gasteiger partial charge in [-0.2, -0.15) is 0 Å². The normalized spacial score (nSPS) is 29.4. The first-order valence-corrected chi connectivity index (χ1v) is 9.66. The number of hydrogen-bond donors (Lipinski definition) is 2. The maximum atomic E-state index is 11.7. The van der Waals surface area contributed by atoms with Crippen LogP contribution < -0.4 is 10.6 Å². The number of likely N-dealkylation sites (tertiary alicyclic amines) is 1. The van der Waals surface area contributed by atoms with Gasteiger partial charge in [0.1, 0.15) is 0 Å². The molecule has 8 heteroatoms. The van der Waals surface area contributed by atoms with Crippen molar-refractivity contribution in [1.82, 2.24) is 25.3 Å². The number of carbonyl (C=O) groups excluding carboxylic acids is 1. The molecule has 0 aromatic carbocycles. The van der Waals surface area contributed by atoms with Crippen LogP contribution in [0.15, 0.2) is 4.99 Å². The van der Waals surface area contributed by atoms with Gasteiger partial charge in [0.2, 0.25) is 5.91 Å². The molecule has 0 aliphatic carbocycles. The van der Waals surface area contributed by atoms with Crippen LogP contribution in [0.2, 0.25) is 0 Å². The van der Waals surface area contributed by atoms with E-state index in [-0.39, 0.29) is 35.3 Å². The van der Waals surface area contributed by atoms with Crippen LogP contribution in [0, 0.1) is 5.41 Å². The highest BCUT2D eigenvalue weighted by molar-refractivity contribution is 14.0. The number of guanidine groups is 1. The van der Waals surface area contributed by atoms with E-state index >= 15 is 0 Å². The summed E-state index contributed by atoms with van der Waals surface area (Å²) >= 11 is 0. The molecule has 7 nitrogen and oxygen atoms in total. The van der Waals surface area contributed by atoms with Crippen molar-refractivity contribution in [2.75, 3.05) is 66.5 Å². The molecule has 3 aliphatic heterocycles. The lowest BCUT2D eigenvalue weighted by Gasteiger charge is -2.41. The highest BCUT2D eigenvalue weighted by Crippen LogP contribution is 2.35. The van der Waals surface area contributed by atoms with E-state index in [1.54, 1.807) is 0 Å². The minimum absolute atomic E-state index is 0. The summed E-state index contributed by atoms with van der Waals surface area (Å²) in [6.45, 7) is 10.5. The summed E-state index contributed by atoms with van der Waals surface area (Å²) in [5, 5.41) is 6.60. The number of halogens is 1. The number of piperidine rings is 1. The number of carbonyl (C=O) groups is 1. The van der Waals surface area contributed by atoms with Crippen LogP contribution >= 0.6 is 24.0 Å². The molecule has 3 saturated heterocycles. The molecule has 0 radical (unpaired) electrons. The van der Waals surface area contributed by atoms with Crippen molar-refractivity contribution in [2.45, 2.75) is 32.2 Å². The van der Waals surface area contributed by atoms with E-state index in [1.165, 1.54) is 0 Å². The third-order valence-corrected chi connectivity index (χ3v) is 6.09. The number of amides is 1. The van der Waals surface area contributed by atoms with E-state index in [0.29, 0.717) is 12.5 Å². The SMILES string of the molecule is CN=C(NCC(C)N1CCN(C)CC1)N1CCCC2(CNC(=O)C2)C1.I. The monoisotopic (exact) mass is 478 g/mol. The van der Waals surface area contributed by atoms with E-state index in [2.05, 4.69) is 44.3 Å². The van der Waals surface area contributed by atoms with Gasteiger partial charge in [-0.1, -0.05) is 0 Å². The van der Waals surface area contributed by atoms with E-state index < -0.39 is 0 Å². The second-order valence-corrected chi connectivity index (χ2v) is 8.09. The zero-order chi connectivity index (χ0) is 17.9. The van der Waals surface area contributed by atoms with Crippen molar-refractivity contribution in [2.24, 2.45) is 10.4 Å². The molecule has 150 valence electrons. The number of hydrogen-bond acceptors (Lipinski definition) is 4. The molecule has 2 N–H and O–H groups in total. The molecule has 3 rings (SSSR count). The second-order valence-electron chi connectivity index (χ2n) is 8.09. The molecule has 26 heavy (non-hydrogen) atoms. The van der Waals surface area contributed by atoms with Crippen LogP contribution in [-0.4, -0.2) is 99.1 Å². The molecule has 1 amide bonds. The largest absolute Gasteiger partial charge is 0.355 e. The third kappa shape index (κ3) is 5.22. The molecular formula is C18H35IN6O. The Bertz CT molecular complexity index is 508. The Balaban J connectivity index is 0.00000243. The topological polar surface area (TPSA) is 63.2 Å². The average molecular weight is 478 g/mol. The Morgan fingerprint density at radius 2 is 2.04 bits per heavy atom. The predicted molar refractivity (Wildman–Crippen MR) is 116 cm³/mol. The molecule has 0 saturated carbocycles. The van der Waals surface area contributed by atoms with Gasteiger partial charge in [-0.25, -0.2) is 0 Å². The van der Waals surface area contributed by atoms with Crippen molar-refractivity contribution >= 4 is 35.8 Å². The fourth-order valence-electron chi connectivity index (χ4n) is 4.39. The Labute approximate surface area is 175 Å². The molecule has 0 bridgehead atoms. The van der Waals surface area contributed by atoms with Crippen molar-refractivity contribution in [3.8, 4) is 0 Å². The standard InChI is InChI=1S/C18H34N6O.HI/c1-15(23-9-7-22(3)8-10-23)12-20-17(19-2)24-6-4-5-18(14-24)11-16(25)21-13-18;/h15H,4-14H2,1-3H3,(H,19,20)(H,21,25);1H. The number of nitrogens with zero attached hydrogens (tertiary/aromatic N) is 4. The maximum absolute atomic E-state index is 11.7. The minimum Gasteiger partial charge on any atom is -0.355 e. The summed E-state index contributed by atoms with van der Waals surface area (Å²) in [7, 11) is 4.05. The van der Waals surface area contributed by atoms with Gasteiger partial charge in [-0.3, -0.25) is 14.7 Å². The first-order valence-electron chi connectivity index (χ1n) is 9.66.